The molecule has 5 nitrogen and oxygen atoms in total. The molecule has 1 heterocycles. The number of rotatable bonds is 8. The molecule has 1 aromatic carbocycles. The van der Waals surface area contributed by atoms with E-state index in [4.69, 9.17) is 4.74 Å². The second-order valence-electron chi connectivity index (χ2n) is 6.08. The van der Waals surface area contributed by atoms with Crippen LogP contribution in [0.25, 0.3) is 0 Å². The Bertz CT molecular complexity index is 542. The van der Waals surface area contributed by atoms with E-state index in [0.717, 1.165) is 36.0 Å². The number of esters is 1. The molecule has 1 aliphatic rings. The van der Waals surface area contributed by atoms with E-state index in [1.807, 2.05) is 24.3 Å². The lowest BCUT2D eigenvalue weighted by atomic mass is 10.0. The summed E-state index contributed by atoms with van der Waals surface area (Å²) in [6.45, 7) is 4.15. The number of hydrogen-bond donors (Lipinski definition) is 2. The summed E-state index contributed by atoms with van der Waals surface area (Å²) in [5, 5.41) is 6.30. The Balaban J connectivity index is 1.94. The normalized spacial score (nSPS) is 18.2. The van der Waals surface area contributed by atoms with E-state index in [1.54, 1.807) is 6.92 Å². The van der Waals surface area contributed by atoms with Crippen LogP contribution in [0.4, 0.5) is 0 Å². The number of benzene rings is 1. The van der Waals surface area contributed by atoms with E-state index >= 15 is 0 Å². The van der Waals surface area contributed by atoms with Crippen LogP contribution in [0.3, 0.4) is 0 Å². The summed E-state index contributed by atoms with van der Waals surface area (Å²) in [7, 11) is 0. The molecule has 0 aliphatic carbocycles. The maximum atomic E-state index is 12.3. The van der Waals surface area contributed by atoms with E-state index in [-0.39, 0.29) is 24.3 Å². The van der Waals surface area contributed by atoms with Crippen molar-refractivity contribution >= 4 is 27.8 Å². The first-order valence-electron chi connectivity index (χ1n) is 8.49. The lowest BCUT2D eigenvalue weighted by Gasteiger charge is -2.19. The zero-order chi connectivity index (χ0) is 17.4. The Hall–Kier alpha value is -1.40. The first-order valence-corrected chi connectivity index (χ1v) is 9.29. The molecular formula is C18H25BrN2O3. The van der Waals surface area contributed by atoms with Gasteiger partial charge in [0.05, 0.1) is 19.1 Å². The molecule has 2 atom stereocenters. The summed E-state index contributed by atoms with van der Waals surface area (Å²) in [4.78, 5) is 24.1. The van der Waals surface area contributed by atoms with Crippen molar-refractivity contribution in [1.29, 1.82) is 0 Å². The Morgan fingerprint density at radius 1 is 1.38 bits per heavy atom. The van der Waals surface area contributed by atoms with Crippen LogP contribution in [0, 0.1) is 5.92 Å². The average molecular weight is 397 g/mol. The van der Waals surface area contributed by atoms with E-state index in [9.17, 15) is 9.59 Å². The number of ether oxygens (including phenoxy) is 1. The van der Waals surface area contributed by atoms with Crippen LogP contribution in [0.5, 0.6) is 0 Å². The number of carbonyl (C=O) groups excluding carboxylic acids is 2. The highest BCUT2D eigenvalue weighted by atomic mass is 79.9. The molecule has 132 valence electrons. The van der Waals surface area contributed by atoms with Crippen molar-refractivity contribution in [2.45, 2.75) is 38.6 Å². The number of carbonyl (C=O) groups is 2. The lowest BCUT2D eigenvalue weighted by Crippen LogP contribution is -2.31. The third-order valence-electron chi connectivity index (χ3n) is 4.23. The topological polar surface area (TPSA) is 67.4 Å². The first-order chi connectivity index (χ1) is 11.6. The lowest BCUT2D eigenvalue weighted by molar-refractivity contribution is -0.143. The molecule has 6 heteroatoms. The molecule has 1 saturated heterocycles. The number of hydrogen-bond acceptors (Lipinski definition) is 4. The van der Waals surface area contributed by atoms with Gasteiger partial charge in [-0.1, -0.05) is 28.1 Å². The van der Waals surface area contributed by atoms with Crippen molar-refractivity contribution in [3.63, 3.8) is 0 Å². The molecule has 24 heavy (non-hydrogen) atoms. The highest BCUT2D eigenvalue weighted by Gasteiger charge is 2.21. The largest absolute Gasteiger partial charge is 0.466 e. The summed E-state index contributed by atoms with van der Waals surface area (Å²) in [5.41, 5.74) is 0.905. The molecule has 2 N–H and O–H groups in total. The molecule has 0 bridgehead atoms. The van der Waals surface area contributed by atoms with Gasteiger partial charge >= 0.3 is 5.97 Å². The van der Waals surface area contributed by atoms with Crippen LogP contribution in [-0.2, 0) is 14.3 Å². The fourth-order valence-electron chi connectivity index (χ4n) is 2.90. The Morgan fingerprint density at radius 3 is 2.75 bits per heavy atom. The summed E-state index contributed by atoms with van der Waals surface area (Å²) in [6, 6.07) is 7.28. The first kappa shape index (κ1) is 18.9. The van der Waals surface area contributed by atoms with E-state index in [0.29, 0.717) is 18.9 Å². The van der Waals surface area contributed by atoms with Crippen molar-refractivity contribution in [2.75, 3.05) is 19.7 Å². The average Bonchev–Trinajstić information content (AvgIpc) is 3.07. The van der Waals surface area contributed by atoms with Gasteiger partial charge in [0.2, 0.25) is 5.91 Å². The second-order valence-corrected chi connectivity index (χ2v) is 6.99. The maximum absolute atomic E-state index is 12.3. The molecule has 1 amide bonds. The van der Waals surface area contributed by atoms with Crippen molar-refractivity contribution < 1.29 is 14.3 Å². The number of halogens is 1. The van der Waals surface area contributed by atoms with Gasteiger partial charge in [-0.25, -0.2) is 0 Å². The summed E-state index contributed by atoms with van der Waals surface area (Å²) in [6.07, 6.45) is 2.64. The van der Waals surface area contributed by atoms with Gasteiger partial charge in [-0.3, -0.25) is 9.59 Å². The fourth-order valence-corrected chi connectivity index (χ4v) is 3.16. The smallest absolute Gasteiger partial charge is 0.308 e. The minimum atomic E-state index is -0.355. The van der Waals surface area contributed by atoms with Gasteiger partial charge in [0.1, 0.15) is 0 Å². The molecule has 0 radical (unpaired) electrons. The highest BCUT2D eigenvalue weighted by Crippen LogP contribution is 2.21. The van der Waals surface area contributed by atoms with Gasteiger partial charge < -0.3 is 15.4 Å². The van der Waals surface area contributed by atoms with Crippen LogP contribution in [-0.4, -0.2) is 31.6 Å². The van der Waals surface area contributed by atoms with Crippen molar-refractivity contribution in [1.82, 2.24) is 10.6 Å². The van der Waals surface area contributed by atoms with Crippen molar-refractivity contribution in [3.8, 4) is 0 Å². The number of nitrogens with one attached hydrogen (secondary N) is 2. The number of amides is 1. The SMILES string of the molecule is CCOC(=O)CC(NC(=O)CCC1CCNC1)c1ccc(Br)cc1. The van der Waals surface area contributed by atoms with Crippen LogP contribution >= 0.6 is 15.9 Å². The van der Waals surface area contributed by atoms with Crippen LogP contribution in [0.15, 0.2) is 28.7 Å². The highest BCUT2D eigenvalue weighted by molar-refractivity contribution is 9.10. The molecular weight excluding hydrogens is 372 g/mol. The van der Waals surface area contributed by atoms with Crippen molar-refractivity contribution in [3.05, 3.63) is 34.3 Å². The van der Waals surface area contributed by atoms with Gasteiger partial charge in [0.25, 0.3) is 0 Å². The Kier molecular flexibility index (Phi) is 7.72. The summed E-state index contributed by atoms with van der Waals surface area (Å²) < 4.78 is 5.99. The predicted molar refractivity (Wildman–Crippen MR) is 96.5 cm³/mol. The van der Waals surface area contributed by atoms with E-state index < -0.39 is 0 Å². The molecule has 2 rings (SSSR count). The summed E-state index contributed by atoms with van der Waals surface area (Å²) in [5.74, 6) is 0.261. The zero-order valence-corrected chi connectivity index (χ0v) is 15.6. The molecule has 2 unspecified atom stereocenters. The van der Waals surface area contributed by atoms with Crippen LogP contribution in [0.2, 0.25) is 0 Å². The summed E-state index contributed by atoms with van der Waals surface area (Å²) >= 11 is 3.40. The monoisotopic (exact) mass is 396 g/mol. The van der Waals surface area contributed by atoms with Gasteiger partial charge in [0.15, 0.2) is 0 Å². The van der Waals surface area contributed by atoms with Gasteiger partial charge in [-0.2, -0.15) is 0 Å². The van der Waals surface area contributed by atoms with Gasteiger partial charge in [-0.05, 0) is 56.5 Å². The quantitative estimate of drug-likeness (QED) is 0.662. The van der Waals surface area contributed by atoms with Gasteiger partial charge in [0, 0.05) is 10.9 Å². The standard InChI is InChI=1S/C18H25BrN2O3/c1-2-24-18(23)11-16(14-4-6-15(19)7-5-14)21-17(22)8-3-13-9-10-20-12-13/h4-7,13,16,20H,2-3,8-12H2,1H3,(H,21,22). The Morgan fingerprint density at radius 2 is 2.12 bits per heavy atom. The molecule has 1 aliphatic heterocycles. The fraction of sp³-hybridized carbons (Fsp3) is 0.556. The molecule has 0 aromatic heterocycles. The minimum absolute atomic E-state index is 0.0147. The predicted octanol–water partition coefficient (Wildman–Crippen LogP) is 2.95. The maximum Gasteiger partial charge on any atom is 0.308 e. The molecule has 0 saturated carbocycles. The molecule has 1 aromatic rings. The Labute approximate surface area is 151 Å². The zero-order valence-electron chi connectivity index (χ0n) is 14.0. The second kappa shape index (κ2) is 9.79. The third kappa shape index (κ3) is 6.24. The van der Waals surface area contributed by atoms with Crippen molar-refractivity contribution in [2.24, 2.45) is 5.92 Å². The van der Waals surface area contributed by atoms with Crippen LogP contribution < -0.4 is 10.6 Å². The molecule has 1 fully saturated rings. The van der Waals surface area contributed by atoms with E-state index in [2.05, 4.69) is 26.6 Å². The van der Waals surface area contributed by atoms with Gasteiger partial charge in [-0.15, -0.1) is 0 Å². The van der Waals surface area contributed by atoms with Crippen LogP contribution in [0.1, 0.15) is 44.2 Å². The minimum Gasteiger partial charge on any atom is -0.466 e. The third-order valence-corrected chi connectivity index (χ3v) is 4.75. The van der Waals surface area contributed by atoms with E-state index in [1.165, 1.54) is 0 Å². The molecule has 0 spiro atoms.